The number of anilines is 3. The summed E-state index contributed by atoms with van der Waals surface area (Å²) in [6.07, 6.45) is -1.41. The van der Waals surface area contributed by atoms with Crippen LogP contribution in [0.1, 0.15) is 23.3 Å². The standard InChI is InChI=1S/C19H25F3N6OS/c20-19(21,22)15-11-24-18(30-15)27-17-9-13(12-28-4-6-29-7-5-28)8-16(26-17)25-14-2-1-3-23-10-14/h8-9,11,14,23H,1-7,10,12H2,(H2,24,25,26,27)/t14-/m0/s1. The lowest BCUT2D eigenvalue weighted by Gasteiger charge is -2.27. The smallest absolute Gasteiger partial charge is 0.379 e. The van der Waals surface area contributed by atoms with Crippen LogP contribution in [0.15, 0.2) is 18.3 Å². The van der Waals surface area contributed by atoms with Crippen molar-refractivity contribution >= 4 is 28.1 Å². The Bertz CT molecular complexity index is 796. The van der Waals surface area contributed by atoms with Crippen LogP contribution in [0.3, 0.4) is 0 Å². The van der Waals surface area contributed by atoms with Crippen LogP contribution in [0.5, 0.6) is 0 Å². The van der Waals surface area contributed by atoms with Gasteiger partial charge in [-0.3, -0.25) is 4.90 Å². The summed E-state index contributed by atoms with van der Waals surface area (Å²) in [6, 6.07) is 4.15. The van der Waals surface area contributed by atoms with Crippen molar-refractivity contribution in [1.29, 1.82) is 0 Å². The Labute approximate surface area is 177 Å². The summed E-state index contributed by atoms with van der Waals surface area (Å²) in [5, 5.41) is 9.94. The van der Waals surface area contributed by atoms with Crippen molar-refractivity contribution in [3.63, 3.8) is 0 Å². The molecule has 0 radical (unpaired) electrons. The maximum atomic E-state index is 12.9. The monoisotopic (exact) mass is 442 g/mol. The van der Waals surface area contributed by atoms with E-state index in [-0.39, 0.29) is 11.2 Å². The minimum Gasteiger partial charge on any atom is -0.379 e. The van der Waals surface area contributed by atoms with Crippen LogP contribution in [-0.2, 0) is 17.5 Å². The van der Waals surface area contributed by atoms with Gasteiger partial charge in [0.05, 0.1) is 19.4 Å². The number of hydrogen-bond acceptors (Lipinski definition) is 8. The predicted molar refractivity (Wildman–Crippen MR) is 110 cm³/mol. The zero-order valence-electron chi connectivity index (χ0n) is 16.5. The molecular weight excluding hydrogens is 417 g/mol. The summed E-state index contributed by atoms with van der Waals surface area (Å²) < 4.78 is 44.1. The average Bonchev–Trinajstić information content (AvgIpc) is 3.18. The number of pyridine rings is 1. The summed E-state index contributed by atoms with van der Waals surface area (Å²) in [4.78, 5) is 9.99. The number of aromatic nitrogens is 2. The first-order valence-corrected chi connectivity index (χ1v) is 10.9. The van der Waals surface area contributed by atoms with Crippen LogP contribution in [0.25, 0.3) is 0 Å². The molecule has 30 heavy (non-hydrogen) atoms. The molecule has 0 aliphatic carbocycles. The van der Waals surface area contributed by atoms with Gasteiger partial charge in [0.15, 0.2) is 5.13 Å². The number of halogens is 3. The molecule has 2 fully saturated rings. The molecule has 0 aromatic carbocycles. The molecule has 4 heterocycles. The van der Waals surface area contributed by atoms with Crippen LogP contribution in [0.2, 0.25) is 0 Å². The molecule has 0 bridgehead atoms. The number of thiazole rings is 1. The molecule has 0 amide bonds. The fraction of sp³-hybridized carbons (Fsp3) is 0.579. The van der Waals surface area contributed by atoms with Crippen molar-refractivity contribution in [1.82, 2.24) is 20.2 Å². The second kappa shape index (κ2) is 9.46. The number of nitrogens with one attached hydrogen (secondary N) is 3. The van der Waals surface area contributed by atoms with Crippen molar-refractivity contribution in [2.75, 3.05) is 50.0 Å². The van der Waals surface area contributed by atoms with Crippen LogP contribution in [-0.4, -0.2) is 60.3 Å². The summed E-state index contributed by atoms with van der Waals surface area (Å²) in [5.41, 5.74) is 1.04. The fourth-order valence-corrected chi connectivity index (χ4v) is 4.28. The van der Waals surface area contributed by atoms with E-state index < -0.39 is 11.1 Å². The Morgan fingerprint density at radius 3 is 2.73 bits per heavy atom. The van der Waals surface area contributed by atoms with Crippen LogP contribution in [0.4, 0.5) is 29.9 Å². The van der Waals surface area contributed by atoms with Crippen molar-refractivity contribution in [3.8, 4) is 0 Å². The molecule has 2 saturated heterocycles. The fourth-order valence-electron chi connectivity index (χ4n) is 3.59. The van der Waals surface area contributed by atoms with Crippen molar-refractivity contribution in [3.05, 3.63) is 28.8 Å². The van der Waals surface area contributed by atoms with Crippen molar-refractivity contribution in [2.24, 2.45) is 0 Å². The third-order valence-corrected chi connectivity index (χ3v) is 6.02. The maximum Gasteiger partial charge on any atom is 0.427 e. The molecule has 3 N–H and O–H groups in total. The SMILES string of the molecule is FC(F)(F)c1cnc(Nc2cc(CN3CCOCC3)cc(N[C@H]3CCCNC3)n2)s1. The molecular formula is C19H25F3N6OS. The van der Waals surface area contributed by atoms with Crippen LogP contribution >= 0.6 is 11.3 Å². The minimum atomic E-state index is -4.40. The number of morpholine rings is 1. The summed E-state index contributed by atoms with van der Waals surface area (Å²) in [7, 11) is 0. The summed E-state index contributed by atoms with van der Waals surface area (Å²) in [6.45, 7) is 5.71. The Hall–Kier alpha value is -1.95. The van der Waals surface area contributed by atoms with E-state index in [2.05, 4.69) is 30.8 Å². The maximum absolute atomic E-state index is 12.9. The van der Waals surface area contributed by atoms with E-state index in [0.29, 0.717) is 36.2 Å². The van der Waals surface area contributed by atoms with Crippen molar-refractivity contribution in [2.45, 2.75) is 31.6 Å². The molecule has 0 spiro atoms. The quantitative estimate of drug-likeness (QED) is 0.634. The lowest BCUT2D eigenvalue weighted by molar-refractivity contribution is -0.134. The second-order valence-corrected chi connectivity index (χ2v) is 8.51. The van der Waals surface area contributed by atoms with Gasteiger partial charge in [-0.1, -0.05) is 11.3 Å². The van der Waals surface area contributed by atoms with E-state index in [1.54, 1.807) is 0 Å². The Morgan fingerprint density at radius 1 is 1.23 bits per heavy atom. The molecule has 0 unspecified atom stereocenters. The summed E-state index contributed by atoms with van der Waals surface area (Å²) in [5.74, 6) is 1.19. The Kier molecular flexibility index (Phi) is 6.71. The van der Waals surface area contributed by atoms with Crippen LogP contribution < -0.4 is 16.0 Å². The highest BCUT2D eigenvalue weighted by atomic mass is 32.1. The van der Waals surface area contributed by atoms with E-state index >= 15 is 0 Å². The van der Waals surface area contributed by atoms with Gasteiger partial charge >= 0.3 is 6.18 Å². The van der Waals surface area contributed by atoms with Crippen LogP contribution in [0, 0.1) is 0 Å². The second-order valence-electron chi connectivity index (χ2n) is 7.47. The average molecular weight is 443 g/mol. The van der Waals surface area contributed by atoms with Gasteiger partial charge < -0.3 is 20.7 Å². The van der Waals surface area contributed by atoms with Gasteiger partial charge in [0.2, 0.25) is 0 Å². The highest BCUT2D eigenvalue weighted by Gasteiger charge is 2.33. The lowest BCUT2D eigenvalue weighted by Crippen LogP contribution is -2.38. The van der Waals surface area contributed by atoms with Gasteiger partial charge in [0.1, 0.15) is 16.5 Å². The van der Waals surface area contributed by atoms with E-state index in [1.807, 2.05) is 12.1 Å². The highest BCUT2D eigenvalue weighted by molar-refractivity contribution is 7.15. The third-order valence-electron chi connectivity index (χ3n) is 5.06. The molecule has 164 valence electrons. The summed E-state index contributed by atoms with van der Waals surface area (Å²) >= 11 is 0.573. The van der Waals surface area contributed by atoms with Gasteiger partial charge in [0, 0.05) is 32.2 Å². The lowest BCUT2D eigenvalue weighted by atomic mass is 10.1. The predicted octanol–water partition coefficient (Wildman–Crippen LogP) is 3.30. The number of hydrogen-bond donors (Lipinski definition) is 3. The molecule has 2 aliphatic heterocycles. The van der Waals surface area contributed by atoms with E-state index in [4.69, 9.17) is 4.74 Å². The molecule has 2 aliphatic rings. The van der Waals surface area contributed by atoms with Gasteiger partial charge in [-0.15, -0.1) is 0 Å². The van der Waals surface area contributed by atoms with E-state index in [1.165, 1.54) is 0 Å². The molecule has 7 nitrogen and oxygen atoms in total. The molecule has 11 heteroatoms. The molecule has 2 aromatic rings. The number of rotatable bonds is 6. The largest absolute Gasteiger partial charge is 0.427 e. The molecule has 1 atom stereocenters. The zero-order chi connectivity index (χ0) is 21.0. The Balaban J connectivity index is 1.53. The molecule has 0 saturated carbocycles. The van der Waals surface area contributed by atoms with E-state index in [0.717, 1.165) is 57.3 Å². The number of alkyl halides is 3. The zero-order valence-corrected chi connectivity index (χ0v) is 17.3. The van der Waals surface area contributed by atoms with Gasteiger partial charge in [0.25, 0.3) is 0 Å². The van der Waals surface area contributed by atoms with E-state index in [9.17, 15) is 13.2 Å². The first-order valence-electron chi connectivity index (χ1n) is 10.0. The topological polar surface area (TPSA) is 74.3 Å². The molecule has 4 rings (SSSR count). The number of ether oxygens (including phenoxy) is 1. The number of piperidine rings is 1. The highest BCUT2D eigenvalue weighted by Crippen LogP contribution is 2.36. The molecule has 2 aromatic heterocycles. The van der Waals surface area contributed by atoms with Gasteiger partial charge in [-0.05, 0) is 37.1 Å². The van der Waals surface area contributed by atoms with Gasteiger partial charge in [-0.25, -0.2) is 9.97 Å². The first kappa shape index (κ1) is 21.3. The van der Waals surface area contributed by atoms with Crippen molar-refractivity contribution < 1.29 is 17.9 Å². The minimum absolute atomic E-state index is 0.170. The normalized spacial score (nSPS) is 20.8. The first-order chi connectivity index (χ1) is 14.5. The number of nitrogens with zero attached hydrogens (tertiary/aromatic N) is 3. The third kappa shape index (κ3) is 5.81. The Morgan fingerprint density at radius 2 is 2.03 bits per heavy atom. The van der Waals surface area contributed by atoms with Gasteiger partial charge in [-0.2, -0.15) is 13.2 Å².